The first-order chi connectivity index (χ1) is 6.72. The quantitative estimate of drug-likeness (QED) is 0.736. The Kier molecular flexibility index (Phi) is 2.44. The molecule has 0 N–H and O–H groups in total. The lowest BCUT2D eigenvalue weighted by Gasteiger charge is -2.00. The van der Waals surface area contributed by atoms with Gasteiger partial charge in [0.05, 0.1) is 12.5 Å². The lowest BCUT2D eigenvalue weighted by molar-refractivity contribution is 0.644. The van der Waals surface area contributed by atoms with Crippen molar-refractivity contribution in [2.45, 2.75) is 11.3 Å². The van der Waals surface area contributed by atoms with Crippen LogP contribution in [-0.2, 0) is 6.42 Å². The molecule has 1 aromatic heterocycles. The van der Waals surface area contributed by atoms with Crippen LogP contribution in [-0.4, -0.2) is 0 Å². The Morgan fingerprint density at radius 2 is 2.29 bits per heavy atom. The van der Waals surface area contributed by atoms with Crippen molar-refractivity contribution in [2.75, 3.05) is 0 Å². The van der Waals surface area contributed by atoms with Crippen LogP contribution < -0.4 is 0 Å². The molecular formula is C10H6FNS2. The molecule has 0 saturated carbocycles. The minimum Gasteiger partial charge on any atom is -0.205 e. The molecule has 2 rings (SSSR count). The van der Waals surface area contributed by atoms with Crippen molar-refractivity contribution in [1.29, 1.82) is 5.26 Å². The second kappa shape index (κ2) is 3.60. The molecule has 2 aromatic rings. The summed E-state index contributed by atoms with van der Waals surface area (Å²) in [5.74, 6) is -0.225. The molecule has 1 aromatic carbocycles. The predicted molar refractivity (Wildman–Crippen MR) is 58.4 cm³/mol. The smallest absolute Gasteiger partial charge is 0.141 e. The molecule has 1 nitrogen and oxygen atoms in total. The van der Waals surface area contributed by atoms with E-state index < -0.39 is 0 Å². The van der Waals surface area contributed by atoms with Crippen LogP contribution in [0.4, 0.5) is 4.39 Å². The largest absolute Gasteiger partial charge is 0.205 e. The molecular weight excluding hydrogens is 217 g/mol. The minimum atomic E-state index is -0.225. The fraction of sp³-hybridized carbons (Fsp3) is 0.100. The third-order valence-electron chi connectivity index (χ3n) is 2.00. The maximum absolute atomic E-state index is 13.2. The SMILES string of the molecule is N#CCc1cc2c(F)csc2cc1S. The average molecular weight is 223 g/mol. The molecule has 0 aliphatic heterocycles. The first-order valence-electron chi connectivity index (χ1n) is 3.98. The molecule has 0 unspecified atom stereocenters. The van der Waals surface area contributed by atoms with Gasteiger partial charge in [0.25, 0.3) is 0 Å². The van der Waals surface area contributed by atoms with Gasteiger partial charge >= 0.3 is 0 Å². The number of nitriles is 1. The molecule has 0 aliphatic rings. The van der Waals surface area contributed by atoms with Crippen molar-refractivity contribution >= 4 is 34.1 Å². The fourth-order valence-electron chi connectivity index (χ4n) is 1.30. The monoisotopic (exact) mass is 223 g/mol. The number of halogens is 1. The molecule has 0 amide bonds. The fourth-order valence-corrected chi connectivity index (χ4v) is 2.49. The summed E-state index contributed by atoms with van der Waals surface area (Å²) in [5, 5.41) is 10.6. The van der Waals surface area contributed by atoms with Gasteiger partial charge in [0.15, 0.2) is 0 Å². The molecule has 14 heavy (non-hydrogen) atoms. The minimum absolute atomic E-state index is 0.225. The molecule has 0 bridgehead atoms. The van der Waals surface area contributed by atoms with Gasteiger partial charge in [0, 0.05) is 20.4 Å². The maximum Gasteiger partial charge on any atom is 0.141 e. The van der Waals surface area contributed by atoms with Crippen LogP contribution >= 0.6 is 24.0 Å². The number of fused-ring (bicyclic) bond motifs is 1. The molecule has 0 atom stereocenters. The molecule has 0 fully saturated rings. The van der Waals surface area contributed by atoms with Crippen molar-refractivity contribution in [2.24, 2.45) is 0 Å². The van der Waals surface area contributed by atoms with E-state index in [9.17, 15) is 4.39 Å². The number of hydrogen-bond acceptors (Lipinski definition) is 3. The van der Waals surface area contributed by atoms with E-state index in [0.717, 1.165) is 15.2 Å². The zero-order valence-corrected chi connectivity index (χ0v) is 8.83. The summed E-state index contributed by atoms with van der Waals surface area (Å²) in [6.45, 7) is 0. The van der Waals surface area contributed by atoms with E-state index in [1.807, 2.05) is 6.07 Å². The Hall–Kier alpha value is -1.05. The van der Waals surface area contributed by atoms with Gasteiger partial charge in [-0.25, -0.2) is 4.39 Å². The average Bonchev–Trinajstić information content (AvgIpc) is 2.49. The van der Waals surface area contributed by atoms with Crippen molar-refractivity contribution in [3.05, 3.63) is 28.9 Å². The summed E-state index contributed by atoms with van der Waals surface area (Å²) in [6, 6.07) is 5.54. The zero-order valence-electron chi connectivity index (χ0n) is 7.12. The Labute approximate surface area is 90.2 Å². The van der Waals surface area contributed by atoms with E-state index >= 15 is 0 Å². The summed E-state index contributed by atoms with van der Waals surface area (Å²) in [4.78, 5) is 0.751. The number of thiophene rings is 1. The molecule has 1 heterocycles. The molecule has 0 saturated heterocycles. The lowest BCUT2D eigenvalue weighted by Crippen LogP contribution is -1.84. The first-order valence-corrected chi connectivity index (χ1v) is 5.30. The van der Waals surface area contributed by atoms with Crippen molar-refractivity contribution in [3.8, 4) is 6.07 Å². The van der Waals surface area contributed by atoms with Gasteiger partial charge in [-0.2, -0.15) is 5.26 Å². The van der Waals surface area contributed by atoms with Crippen molar-refractivity contribution in [3.63, 3.8) is 0 Å². The van der Waals surface area contributed by atoms with Crippen LogP contribution in [0.15, 0.2) is 22.4 Å². The van der Waals surface area contributed by atoms with E-state index in [1.54, 1.807) is 12.1 Å². The van der Waals surface area contributed by atoms with Gasteiger partial charge in [-0.05, 0) is 17.7 Å². The topological polar surface area (TPSA) is 23.8 Å². The molecule has 0 spiro atoms. The summed E-state index contributed by atoms with van der Waals surface area (Å²) in [5.41, 5.74) is 0.778. The predicted octanol–water partition coefficient (Wildman–Crippen LogP) is 3.40. The molecule has 0 aliphatic carbocycles. The highest BCUT2D eigenvalue weighted by Gasteiger charge is 2.07. The summed E-state index contributed by atoms with van der Waals surface area (Å²) in [7, 11) is 0. The number of hydrogen-bond donors (Lipinski definition) is 1. The Morgan fingerprint density at radius 1 is 1.50 bits per heavy atom. The highest BCUT2D eigenvalue weighted by molar-refractivity contribution is 7.80. The third-order valence-corrected chi connectivity index (χ3v) is 3.33. The van der Waals surface area contributed by atoms with Gasteiger partial charge in [-0.15, -0.1) is 24.0 Å². The molecule has 4 heteroatoms. The molecule has 0 radical (unpaired) electrons. The van der Waals surface area contributed by atoms with Gasteiger partial charge in [-0.3, -0.25) is 0 Å². The van der Waals surface area contributed by atoms with Gasteiger partial charge < -0.3 is 0 Å². The maximum atomic E-state index is 13.2. The highest BCUT2D eigenvalue weighted by atomic mass is 32.1. The summed E-state index contributed by atoms with van der Waals surface area (Å²) >= 11 is 5.60. The van der Waals surface area contributed by atoms with Crippen LogP contribution in [0.1, 0.15) is 5.56 Å². The Bertz CT molecular complexity index is 525. The number of benzene rings is 1. The standard InChI is InChI=1S/C10H6FNS2/c11-8-5-14-10-4-9(13)6(1-2-12)3-7(8)10/h3-5,13H,1H2. The normalized spacial score (nSPS) is 10.4. The molecule has 70 valence electrons. The number of rotatable bonds is 1. The second-order valence-corrected chi connectivity index (χ2v) is 4.29. The first kappa shape index (κ1) is 9.50. The summed E-state index contributed by atoms with van der Waals surface area (Å²) in [6.07, 6.45) is 0.268. The zero-order chi connectivity index (χ0) is 10.1. The van der Waals surface area contributed by atoms with Crippen LogP contribution in [0.25, 0.3) is 10.1 Å². The summed E-state index contributed by atoms with van der Waals surface area (Å²) < 4.78 is 14.1. The van der Waals surface area contributed by atoms with Crippen molar-refractivity contribution < 1.29 is 4.39 Å². The van der Waals surface area contributed by atoms with Gasteiger partial charge in [0.2, 0.25) is 0 Å². The van der Waals surface area contributed by atoms with E-state index in [4.69, 9.17) is 5.26 Å². The second-order valence-electron chi connectivity index (χ2n) is 2.90. The van der Waals surface area contributed by atoms with Crippen LogP contribution in [0, 0.1) is 17.1 Å². The van der Waals surface area contributed by atoms with Crippen molar-refractivity contribution in [1.82, 2.24) is 0 Å². The third kappa shape index (κ3) is 1.49. The van der Waals surface area contributed by atoms with Crippen LogP contribution in [0.3, 0.4) is 0 Å². The van der Waals surface area contributed by atoms with E-state index in [1.165, 1.54) is 16.7 Å². The lowest BCUT2D eigenvalue weighted by atomic mass is 10.1. The van der Waals surface area contributed by atoms with Crippen LogP contribution in [0.5, 0.6) is 0 Å². The Morgan fingerprint density at radius 3 is 3.00 bits per heavy atom. The number of thiol groups is 1. The van der Waals surface area contributed by atoms with E-state index in [0.29, 0.717) is 5.39 Å². The van der Waals surface area contributed by atoms with Gasteiger partial charge in [-0.1, -0.05) is 0 Å². The Balaban J connectivity index is 2.69. The van der Waals surface area contributed by atoms with Gasteiger partial charge in [0.1, 0.15) is 5.82 Å². The van der Waals surface area contributed by atoms with E-state index in [-0.39, 0.29) is 12.2 Å². The number of nitrogens with zero attached hydrogens (tertiary/aromatic N) is 1. The highest BCUT2D eigenvalue weighted by Crippen LogP contribution is 2.29. The van der Waals surface area contributed by atoms with Crippen LogP contribution in [0.2, 0.25) is 0 Å². The van der Waals surface area contributed by atoms with E-state index in [2.05, 4.69) is 12.6 Å².